The van der Waals surface area contributed by atoms with Gasteiger partial charge in [-0.15, -0.1) is 0 Å². The Labute approximate surface area is 93.9 Å². The highest BCUT2D eigenvalue weighted by Crippen LogP contribution is 2.44. The average molecular weight is 215 g/mol. The van der Waals surface area contributed by atoms with Gasteiger partial charge < -0.3 is 10.5 Å². The molecule has 1 aromatic carbocycles. The van der Waals surface area contributed by atoms with Crippen molar-refractivity contribution in [3.63, 3.8) is 0 Å². The third-order valence-electron chi connectivity index (χ3n) is 2.94. The van der Waals surface area contributed by atoms with Gasteiger partial charge in [-0.2, -0.15) is 0 Å². The summed E-state index contributed by atoms with van der Waals surface area (Å²) < 4.78 is 5.77. The molecule has 4 heteroatoms. The molecule has 1 spiro atoms. The molecule has 2 aliphatic rings. The molecular weight excluding hydrogens is 202 g/mol. The minimum atomic E-state index is -0.543. The minimum Gasteiger partial charge on any atom is -0.490 e. The van der Waals surface area contributed by atoms with E-state index in [1.165, 1.54) is 0 Å². The van der Waals surface area contributed by atoms with Gasteiger partial charge in [-0.3, -0.25) is 4.99 Å². The number of rotatable bonds is 0. The highest BCUT2D eigenvalue weighted by atomic mass is 16.5. The largest absolute Gasteiger partial charge is 0.490 e. The second-order valence-electron chi connectivity index (χ2n) is 4.24. The van der Waals surface area contributed by atoms with Crippen LogP contribution in [0.5, 0.6) is 5.75 Å². The van der Waals surface area contributed by atoms with E-state index in [4.69, 9.17) is 10.5 Å². The van der Waals surface area contributed by atoms with Crippen LogP contribution in [0.25, 0.3) is 0 Å². The van der Waals surface area contributed by atoms with Crippen LogP contribution in [0.3, 0.4) is 0 Å². The zero-order valence-corrected chi connectivity index (χ0v) is 9.05. The van der Waals surface area contributed by atoms with Crippen molar-refractivity contribution in [1.82, 2.24) is 0 Å². The third-order valence-corrected chi connectivity index (χ3v) is 2.94. The first-order valence-corrected chi connectivity index (χ1v) is 5.36. The van der Waals surface area contributed by atoms with E-state index in [1.54, 1.807) is 6.21 Å². The lowest BCUT2D eigenvalue weighted by Crippen LogP contribution is -2.33. The van der Waals surface area contributed by atoms with Crippen LogP contribution in [-0.2, 0) is 5.66 Å². The Bertz CT molecular complexity index is 495. The van der Waals surface area contributed by atoms with Crippen LogP contribution in [0.1, 0.15) is 18.9 Å². The van der Waals surface area contributed by atoms with E-state index in [9.17, 15) is 0 Å². The quantitative estimate of drug-likeness (QED) is 0.712. The van der Waals surface area contributed by atoms with E-state index in [0.717, 1.165) is 17.7 Å². The summed E-state index contributed by atoms with van der Waals surface area (Å²) in [6.45, 7) is 2.03. The monoisotopic (exact) mass is 215 g/mol. The lowest BCUT2D eigenvalue weighted by molar-refractivity contribution is 0.144. The molecule has 0 radical (unpaired) electrons. The molecule has 0 saturated carbocycles. The first kappa shape index (κ1) is 9.39. The maximum absolute atomic E-state index is 5.77. The van der Waals surface area contributed by atoms with Crippen molar-refractivity contribution in [3.8, 4) is 5.75 Å². The van der Waals surface area contributed by atoms with Crippen molar-refractivity contribution in [1.29, 1.82) is 0 Å². The smallest absolute Gasteiger partial charge is 0.185 e. The molecular formula is C12H13N3O. The molecule has 0 amide bonds. The molecule has 16 heavy (non-hydrogen) atoms. The van der Waals surface area contributed by atoms with Crippen LogP contribution in [0.2, 0.25) is 0 Å². The van der Waals surface area contributed by atoms with Crippen molar-refractivity contribution >= 4 is 12.1 Å². The third kappa shape index (κ3) is 1.23. The molecule has 82 valence electrons. The molecule has 0 bridgehead atoms. The maximum atomic E-state index is 5.77. The van der Waals surface area contributed by atoms with E-state index in [1.807, 2.05) is 31.2 Å². The topological polar surface area (TPSA) is 60.0 Å². The summed E-state index contributed by atoms with van der Waals surface area (Å²) in [6, 6.07) is 7.88. The molecule has 2 heterocycles. The van der Waals surface area contributed by atoms with Crippen molar-refractivity contribution < 1.29 is 4.74 Å². The van der Waals surface area contributed by atoms with Gasteiger partial charge in [-0.25, -0.2) is 4.99 Å². The summed E-state index contributed by atoms with van der Waals surface area (Å²) in [5.74, 6) is 1.35. The zero-order chi connectivity index (χ0) is 11.2. The number of ether oxygens (including phenoxy) is 1. The van der Waals surface area contributed by atoms with Crippen LogP contribution in [0.15, 0.2) is 34.3 Å². The molecule has 2 unspecified atom stereocenters. The predicted octanol–water partition coefficient (Wildman–Crippen LogP) is 1.45. The second kappa shape index (κ2) is 3.07. The second-order valence-corrected chi connectivity index (χ2v) is 4.24. The fourth-order valence-corrected chi connectivity index (χ4v) is 2.34. The van der Waals surface area contributed by atoms with Crippen LogP contribution in [0.4, 0.5) is 0 Å². The number of hydrogen-bond acceptors (Lipinski definition) is 4. The summed E-state index contributed by atoms with van der Waals surface area (Å²) in [6.07, 6.45) is 2.47. The molecule has 0 aliphatic carbocycles. The number of hydrogen-bond donors (Lipinski definition) is 1. The number of benzene rings is 1. The maximum Gasteiger partial charge on any atom is 0.185 e. The summed E-state index contributed by atoms with van der Waals surface area (Å²) in [7, 11) is 0. The van der Waals surface area contributed by atoms with E-state index >= 15 is 0 Å². The highest BCUT2D eigenvalue weighted by Gasteiger charge is 2.41. The minimum absolute atomic E-state index is 0.0988. The molecule has 0 fully saturated rings. The Morgan fingerprint density at radius 1 is 1.44 bits per heavy atom. The van der Waals surface area contributed by atoms with Gasteiger partial charge >= 0.3 is 0 Å². The van der Waals surface area contributed by atoms with Gasteiger partial charge in [0.1, 0.15) is 17.7 Å². The van der Waals surface area contributed by atoms with Gasteiger partial charge in [0.05, 0.1) is 6.21 Å². The Kier molecular flexibility index (Phi) is 1.80. The molecule has 0 aromatic heterocycles. The lowest BCUT2D eigenvalue weighted by atomic mass is 9.91. The number of amidine groups is 1. The molecule has 0 saturated heterocycles. The van der Waals surface area contributed by atoms with Gasteiger partial charge in [-0.05, 0) is 13.0 Å². The van der Waals surface area contributed by atoms with E-state index in [-0.39, 0.29) is 6.10 Å². The van der Waals surface area contributed by atoms with Crippen molar-refractivity contribution in [2.45, 2.75) is 25.1 Å². The average Bonchev–Trinajstić information content (AvgIpc) is 2.60. The van der Waals surface area contributed by atoms with E-state index < -0.39 is 5.66 Å². The van der Waals surface area contributed by atoms with Crippen LogP contribution < -0.4 is 10.5 Å². The van der Waals surface area contributed by atoms with Crippen LogP contribution in [-0.4, -0.2) is 18.2 Å². The van der Waals surface area contributed by atoms with Crippen LogP contribution >= 0.6 is 0 Å². The van der Waals surface area contributed by atoms with Gasteiger partial charge in [-0.1, -0.05) is 18.2 Å². The van der Waals surface area contributed by atoms with Crippen LogP contribution in [0, 0.1) is 0 Å². The molecule has 2 aliphatic heterocycles. The first-order chi connectivity index (χ1) is 7.70. The summed E-state index contributed by atoms with van der Waals surface area (Å²) in [4.78, 5) is 8.93. The molecule has 2 atom stereocenters. The number of aliphatic imine (C=N–C) groups is 2. The van der Waals surface area contributed by atoms with Crippen molar-refractivity contribution in [2.75, 3.05) is 0 Å². The number of para-hydroxylation sites is 1. The Balaban J connectivity index is 2.19. The Hall–Kier alpha value is -1.84. The van der Waals surface area contributed by atoms with Gasteiger partial charge in [0.25, 0.3) is 0 Å². The summed E-state index contributed by atoms with van der Waals surface area (Å²) >= 11 is 0. The number of fused-ring (bicyclic) bond motifs is 2. The standard InChI is InChI=1S/C12H13N3O/c1-8-6-12(14-7-11(13)15-12)9-4-2-3-5-10(9)16-8/h2-5,7-8H,6H2,1H3,(H2,13,15). The first-order valence-electron chi connectivity index (χ1n) is 5.36. The van der Waals surface area contributed by atoms with Gasteiger partial charge in [0, 0.05) is 12.0 Å². The molecule has 3 rings (SSSR count). The SMILES string of the molecule is CC1CC2(N=CC(N)=N2)c2ccccc2O1. The molecule has 2 N–H and O–H groups in total. The predicted molar refractivity (Wildman–Crippen MR) is 62.9 cm³/mol. The van der Waals surface area contributed by atoms with Crippen molar-refractivity contribution in [3.05, 3.63) is 29.8 Å². The highest BCUT2D eigenvalue weighted by molar-refractivity contribution is 6.30. The fraction of sp³-hybridized carbons (Fsp3) is 0.333. The van der Waals surface area contributed by atoms with E-state index in [0.29, 0.717) is 5.84 Å². The lowest BCUT2D eigenvalue weighted by Gasteiger charge is -2.34. The normalized spacial score (nSPS) is 31.1. The van der Waals surface area contributed by atoms with E-state index in [2.05, 4.69) is 9.98 Å². The van der Waals surface area contributed by atoms with Crippen molar-refractivity contribution in [2.24, 2.45) is 15.7 Å². The van der Waals surface area contributed by atoms with Gasteiger partial charge in [0.15, 0.2) is 5.66 Å². The van der Waals surface area contributed by atoms with Gasteiger partial charge in [0.2, 0.25) is 0 Å². The Morgan fingerprint density at radius 3 is 3.00 bits per heavy atom. The Morgan fingerprint density at radius 2 is 2.25 bits per heavy atom. The fourth-order valence-electron chi connectivity index (χ4n) is 2.34. The zero-order valence-electron chi connectivity index (χ0n) is 9.05. The molecule has 1 aromatic rings. The molecule has 4 nitrogen and oxygen atoms in total. The summed E-state index contributed by atoms with van der Waals surface area (Å²) in [5, 5.41) is 0. The number of nitrogens with two attached hydrogens (primary N) is 1. The number of nitrogens with zero attached hydrogens (tertiary/aromatic N) is 2. The summed E-state index contributed by atoms with van der Waals surface area (Å²) in [5.41, 5.74) is 6.16.